The Morgan fingerprint density at radius 2 is 2.06 bits per heavy atom. The number of nitrogens with zero attached hydrogens (tertiary/aromatic N) is 2. The van der Waals surface area contributed by atoms with Crippen LogP contribution in [-0.4, -0.2) is 14.8 Å². The molecule has 0 unspecified atom stereocenters. The minimum atomic E-state index is -0.193. The summed E-state index contributed by atoms with van der Waals surface area (Å²) in [5.74, 6) is 0.713. The molecule has 0 radical (unpaired) electrons. The molecule has 0 aliphatic carbocycles. The normalized spacial score (nSPS) is 10.9. The van der Waals surface area contributed by atoms with E-state index in [0.717, 1.165) is 10.9 Å². The number of hydrogen-bond donors (Lipinski definition) is 1. The summed E-state index contributed by atoms with van der Waals surface area (Å²) in [5.41, 5.74) is 2.09. The summed E-state index contributed by atoms with van der Waals surface area (Å²) in [5, 5.41) is 7.62. The van der Waals surface area contributed by atoms with Crippen molar-refractivity contribution in [3.8, 4) is 5.82 Å². The van der Waals surface area contributed by atoms with Crippen LogP contribution in [0.4, 0.5) is 0 Å². The maximum absolute atomic E-state index is 11.0. The van der Waals surface area contributed by atoms with E-state index < -0.39 is 0 Å². The lowest BCUT2D eigenvalue weighted by Crippen LogP contribution is -2.08. The molecule has 84 valence electrons. The van der Waals surface area contributed by atoms with Crippen LogP contribution in [0.25, 0.3) is 16.7 Å². The molecule has 0 atom stereocenters. The molecule has 3 rings (SSSR count). The number of aromatic amines is 1. The quantitative estimate of drug-likeness (QED) is 0.688. The van der Waals surface area contributed by atoms with Crippen LogP contribution in [0.15, 0.2) is 47.4 Å². The van der Waals surface area contributed by atoms with Gasteiger partial charge in [0.25, 0.3) is 5.56 Å². The minimum absolute atomic E-state index is 0.193. The van der Waals surface area contributed by atoms with Crippen LogP contribution in [-0.2, 0) is 0 Å². The fraction of sp³-hybridized carbons (Fsp3) is 0.0769. The molecule has 0 amide bonds. The van der Waals surface area contributed by atoms with E-state index in [-0.39, 0.29) is 5.56 Å². The van der Waals surface area contributed by atoms with Crippen molar-refractivity contribution in [1.82, 2.24) is 14.8 Å². The second kappa shape index (κ2) is 3.59. The number of rotatable bonds is 1. The molecular weight excluding hydrogens is 214 g/mol. The van der Waals surface area contributed by atoms with Crippen molar-refractivity contribution < 1.29 is 0 Å². The Morgan fingerprint density at radius 3 is 2.82 bits per heavy atom. The van der Waals surface area contributed by atoms with E-state index in [4.69, 9.17) is 0 Å². The molecule has 1 aromatic carbocycles. The standard InChI is InChI=1S/C13H11N3O/c1-9-2-3-10-6-7-16(11(10)8-9)12-4-5-13(17)15-14-12/h2-8H,1H3,(H,15,17). The largest absolute Gasteiger partial charge is 0.300 e. The van der Waals surface area contributed by atoms with Gasteiger partial charge in [-0.25, -0.2) is 5.10 Å². The highest BCUT2D eigenvalue weighted by Gasteiger charge is 2.04. The van der Waals surface area contributed by atoms with Crippen molar-refractivity contribution in [1.29, 1.82) is 0 Å². The van der Waals surface area contributed by atoms with Crippen molar-refractivity contribution in [2.45, 2.75) is 6.92 Å². The zero-order valence-electron chi connectivity index (χ0n) is 9.34. The average molecular weight is 225 g/mol. The fourth-order valence-corrected chi connectivity index (χ4v) is 1.91. The highest BCUT2D eigenvalue weighted by Crippen LogP contribution is 2.19. The monoisotopic (exact) mass is 225 g/mol. The maximum Gasteiger partial charge on any atom is 0.264 e. The van der Waals surface area contributed by atoms with Crippen LogP contribution in [0.2, 0.25) is 0 Å². The molecule has 17 heavy (non-hydrogen) atoms. The molecule has 0 spiro atoms. The summed E-state index contributed by atoms with van der Waals surface area (Å²) in [6.07, 6.45) is 1.95. The van der Waals surface area contributed by atoms with Crippen LogP contribution < -0.4 is 5.56 Å². The van der Waals surface area contributed by atoms with E-state index in [2.05, 4.69) is 35.3 Å². The molecule has 4 nitrogen and oxygen atoms in total. The first-order valence-corrected chi connectivity index (χ1v) is 5.38. The van der Waals surface area contributed by atoms with Gasteiger partial charge >= 0.3 is 0 Å². The lowest BCUT2D eigenvalue weighted by molar-refractivity contribution is 0.913. The summed E-state index contributed by atoms with van der Waals surface area (Å²) in [7, 11) is 0. The van der Waals surface area contributed by atoms with Gasteiger partial charge in [0.05, 0.1) is 5.52 Å². The van der Waals surface area contributed by atoms with Gasteiger partial charge in [-0.1, -0.05) is 12.1 Å². The summed E-state index contributed by atoms with van der Waals surface area (Å²) in [4.78, 5) is 11.0. The van der Waals surface area contributed by atoms with Gasteiger partial charge in [0.15, 0.2) is 5.82 Å². The second-order valence-electron chi connectivity index (χ2n) is 4.03. The third-order valence-corrected chi connectivity index (χ3v) is 2.76. The topological polar surface area (TPSA) is 50.7 Å². The molecule has 0 saturated carbocycles. The molecule has 2 aromatic heterocycles. The summed E-state index contributed by atoms with van der Waals surface area (Å²) in [6.45, 7) is 2.05. The van der Waals surface area contributed by atoms with Crippen LogP contribution in [0.5, 0.6) is 0 Å². The van der Waals surface area contributed by atoms with E-state index in [1.165, 1.54) is 11.6 Å². The molecule has 0 bridgehead atoms. The van der Waals surface area contributed by atoms with Gasteiger partial charge < -0.3 is 0 Å². The van der Waals surface area contributed by atoms with Gasteiger partial charge in [0, 0.05) is 17.6 Å². The Labute approximate surface area is 97.5 Å². The number of fused-ring (bicyclic) bond motifs is 1. The molecule has 0 saturated heterocycles. The summed E-state index contributed by atoms with van der Waals surface area (Å²) >= 11 is 0. The Hall–Kier alpha value is -2.36. The maximum atomic E-state index is 11.0. The molecular formula is C13H11N3O. The van der Waals surface area contributed by atoms with Gasteiger partial charge in [0.1, 0.15) is 0 Å². The zero-order valence-corrected chi connectivity index (χ0v) is 9.34. The smallest absolute Gasteiger partial charge is 0.264 e. The Balaban J connectivity index is 2.26. The van der Waals surface area contributed by atoms with Gasteiger partial charge in [-0.2, -0.15) is 5.10 Å². The fourth-order valence-electron chi connectivity index (χ4n) is 1.91. The van der Waals surface area contributed by atoms with Gasteiger partial charge in [0.2, 0.25) is 0 Å². The molecule has 0 aliphatic rings. The van der Waals surface area contributed by atoms with Crippen molar-refractivity contribution in [2.75, 3.05) is 0 Å². The van der Waals surface area contributed by atoms with E-state index in [9.17, 15) is 4.79 Å². The Kier molecular flexibility index (Phi) is 2.08. The molecule has 0 fully saturated rings. The van der Waals surface area contributed by atoms with Crippen molar-refractivity contribution in [3.63, 3.8) is 0 Å². The second-order valence-corrected chi connectivity index (χ2v) is 4.03. The highest BCUT2D eigenvalue weighted by molar-refractivity contribution is 5.82. The number of H-pyrrole nitrogens is 1. The van der Waals surface area contributed by atoms with Crippen molar-refractivity contribution in [3.05, 3.63) is 58.5 Å². The molecule has 1 N–H and O–H groups in total. The number of aryl methyl sites for hydroxylation is 1. The zero-order chi connectivity index (χ0) is 11.8. The SMILES string of the molecule is Cc1ccc2ccn(-c3ccc(=O)[nH]n3)c2c1. The lowest BCUT2D eigenvalue weighted by atomic mass is 10.2. The first-order valence-electron chi connectivity index (χ1n) is 5.38. The van der Waals surface area contributed by atoms with Crippen LogP contribution in [0, 0.1) is 6.92 Å². The van der Waals surface area contributed by atoms with Crippen LogP contribution in [0.1, 0.15) is 5.56 Å². The van der Waals surface area contributed by atoms with E-state index in [0.29, 0.717) is 5.82 Å². The third kappa shape index (κ3) is 1.63. The van der Waals surface area contributed by atoms with Gasteiger partial charge in [-0.3, -0.25) is 9.36 Å². The summed E-state index contributed by atoms with van der Waals surface area (Å²) < 4.78 is 1.96. The van der Waals surface area contributed by atoms with E-state index in [1.54, 1.807) is 6.07 Å². The first kappa shape index (κ1) is 9.84. The van der Waals surface area contributed by atoms with E-state index in [1.807, 2.05) is 16.8 Å². The van der Waals surface area contributed by atoms with Gasteiger partial charge in [-0.05, 0) is 30.7 Å². The van der Waals surface area contributed by atoms with Crippen LogP contribution >= 0.6 is 0 Å². The van der Waals surface area contributed by atoms with Crippen LogP contribution in [0.3, 0.4) is 0 Å². The number of aromatic nitrogens is 3. The van der Waals surface area contributed by atoms with Crippen molar-refractivity contribution >= 4 is 10.9 Å². The number of nitrogens with one attached hydrogen (secondary N) is 1. The molecule has 4 heteroatoms. The predicted octanol–water partition coefficient (Wildman–Crippen LogP) is 2.02. The first-order chi connectivity index (χ1) is 8.24. The minimum Gasteiger partial charge on any atom is -0.300 e. The molecule has 0 aliphatic heterocycles. The number of hydrogen-bond acceptors (Lipinski definition) is 2. The summed E-state index contributed by atoms with van der Waals surface area (Å²) in [6, 6.07) is 11.5. The Bertz CT molecular complexity index is 719. The van der Waals surface area contributed by atoms with Gasteiger partial charge in [-0.15, -0.1) is 0 Å². The molecule has 2 heterocycles. The van der Waals surface area contributed by atoms with E-state index >= 15 is 0 Å². The average Bonchev–Trinajstić information content (AvgIpc) is 2.73. The highest BCUT2D eigenvalue weighted by atomic mass is 16.1. The number of benzene rings is 1. The predicted molar refractivity (Wildman–Crippen MR) is 66.4 cm³/mol. The molecule has 3 aromatic rings. The van der Waals surface area contributed by atoms with Crippen molar-refractivity contribution in [2.24, 2.45) is 0 Å². The lowest BCUT2D eigenvalue weighted by Gasteiger charge is -2.03. The third-order valence-electron chi connectivity index (χ3n) is 2.76. The Morgan fingerprint density at radius 1 is 1.18 bits per heavy atom.